The molecule has 8 nitrogen and oxygen atoms in total. The zero-order valence-electron chi connectivity index (χ0n) is 21.5. The third-order valence-corrected chi connectivity index (χ3v) is 8.68. The molecule has 1 N–H and O–H groups in total. The predicted molar refractivity (Wildman–Crippen MR) is 152 cm³/mol. The van der Waals surface area contributed by atoms with Gasteiger partial charge < -0.3 is 14.8 Å². The Bertz CT molecular complexity index is 1320. The highest BCUT2D eigenvalue weighted by molar-refractivity contribution is 7.99. The molecule has 0 aliphatic heterocycles. The number of anilines is 1. The SMILES string of the molecule is C=CCn1c(COc2cc(C)ccc2Cl)nnc1SCC(=O)Nc1sc2c(c1C(=O)OC)CCCCCC2. The van der Waals surface area contributed by atoms with Crippen LogP contribution in [0.1, 0.15) is 57.9 Å². The van der Waals surface area contributed by atoms with Crippen LogP contribution in [-0.4, -0.2) is 39.5 Å². The van der Waals surface area contributed by atoms with E-state index >= 15 is 0 Å². The van der Waals surface area contributed by atoms with Crippen LogP contribution in [0.5, 0.6) is 5.75 Å². The fraction of sp³-hybridized carbons (Fsp3) is 0.407. The first kappa shape index (κ1) is 28.2. The average molecular weight is 575 g/mol. The van der Waals surface area contributed by atoms with Crippen molar-refractivity contribution in [1.82, 2.24) is 14.8 Å². The summed E-state index contributed by atoms with van der Waals surface area (Å²) in [6.07, 6.45) is 7.91. The summed E-state index contributed by atoms with van der Waals surface area (Å²) in [5, 5.41) is 13.1. The highest BCUT2D eigenvalue weighted by Gasteiger charge is 2.26. The Morgan fingerprint density at radius 2 is 2.03 bits per heavy atom. The summed E-state index contributed by atoms with van der Waals surface area (Å²) in [7, 11) is 1.37. The van der Waals surface area contributed by atoms with E-state index in [9.17, 15) is 9.59 Å². The lowest BCUT2D eigenvalue weighted by Gasteiger charge is -2.11. The summed E-state index contributed by atoms with van der Waals surface area (Å²) < 4.78 is 12.8. The van der Waals surface area contributed by atoms with Crippen molar-refractivity contribution in [3.63, 3.8) is 0 Å². The number of benzene rings is 1. The standard InChI is InChI=1S/C27H31ClN4O4S2/c1-4-13-32-22(15-36-20-14-17(2)11-12-19(20)28)30-31-27(32)37-16-23(33)29-25-24(26(34)35-3)18-9-7-5-6-8-10-21(18)38-25/h4,11-12,14H,1,5-10,13,15-16H2,2-3H3,(H,29,33). The number of carbonyl (C=O) groups is 2. The number of esters is 1. The van der Waals surface area contributed by atoms with Gasteiger partial charge >= 0.3 is 5.97 Å². The first-order chi connectivity index (χ1) is 18.4. The third-order valence-electron chi connectivity index (χ3n) is 6.19. The molecule has 3 aromatic rings. The van der Waals surface area contributed by atoms with Gasteiger partial charge in [0.15, 0.2) is 11.0 Å². The molecule has 1 aromatic carbocycles. The Hall–Kier alpha value is -2.82. The first-order valence-corrected chi connectivity index (χ1v) is 14.7. The summed E-state index contributed by atoms with van der Waals surface area (Å²) in [5.74, 6) is 0.626. The highest BCUT2D eigenvalue weighted by atomic mass is 35.5. The number of aryl methyl sites for hydroxylation is 2. The van der Waals surface area contributed by atoms with E-state index < -0.39 is 5.97 Å². The molecule has 11 heteroatoms. The number of nitrogens with one attached hydrogen (secondary N) is 1. The van der Waals surface area contributed by atoms with E-state index in [4.69, 9.17) is 21.1 Å². The molecule has 4 rings (SSSR count). The van der Waals surface area contributed by atoms with Gasteiger partial charge in [-0.3, -0.25) is 9.36 Å². The van der Waals surface area contributed by atoms with Crippen LogP contribution in [0.4, 0.5) is 5.00 Å². The molecular weight excluding hydrogens is 544 g/mol. The maximum atomic E-state index is 13.0. The van der Waals surface area contributed by atoms with Gasteiger partial charge in [-0.2, -0.15) is 0 Å². The lowest BCUT2D eigenvalue weighted by Crippen LogP contribution is -2.17. The summed E-state index contributed by atoms with van der Waals surface area (Å²) in [5.41, 5.74) is 2.55. The number of thiophene rings is 1. The van der Waals surface area contributed by atoms with Crippen LogP contribution >= 0.6 is 34.7 Å². The van der Waals surface area contributed by atoms with Crippen LogP contribution in [0.25, 0.3) is 0 Å². The number of rotatable bonds is 10. The quantitative estimate of drug-likeness (QED) is 0.174. The van der Waals surface area contributed by atoms with Crippen LogP contribution < -0.4 is 10.1 Å². The number of allylic oxidation sites excluding steroid dienone is 1. The van der Waals surface area contributed by atoms with Crippen LogP contribution in [0.15, 0.2) is 36.0 Å². The molecule has 0 fully saturated rings. The Balaban J connectivity index is 1.44. The van der Waals surface area contributed by atoms with Gasteiger partial charge in [0.2, 0.25) is 5.91 Å². The molecular formula is C27H31ClN4O4S2. The second-order valence-electron chi connectivity index (χ2n) is 8.97. The summed E-state index contributed by atoms with van der Waals surface area (Å²) >= 11 is 8.99. The monoisotopic (exact) mass is 574 g/mol. The van der Waals surface area contributed by atoms with Gasteiger partial charge in [0.1, 0.15) is 17.4 Å². The van der Waals surface area contributed by atoms with Crippen molar-refractivity contribution in [1.29, 1.82) is 0 Å². The van der Waals surface area contributed by atoms with Crippen molar-refractivity contribution in [3.05, 3.63) is 63.3 Å². The summed E-state index contributed by atoms with van der Waals surface area (Å²) in [6.45, 7) is 6.41. The molecule has 0 bridgehead atoms. The number of carbonyl (C=O) groups excluding carboxylic acids is 2. The Kier molecular flexibility index (Phi) is 9.87. The molecule has 0 spiro atoms. The molecule has 1 aliphatic rings. The van der Waals surface area contributed by atoms with Crippen molar-refractivity contribution < 1.29 is 19.1 Å². The molecule has 0 atom stereocenters. The lowest BCUT2D eigenvalue weighted by atomic mass is 9.96. The Labute approximate surface area is 235 Å². The smallest absolute Gasteiger partial charge is 0.341 e. The van der Waals surface area contributed by atoms with Gasteiger partial charge in [-0.05, 0) is 55.9 Å². The number of amides is 1. The van der Waals surface area contributed by atoms with E-state index in [-0.39, 0.29) is 18.3 Å². The van der Waals surface area contributed by atoms with Gasteiger partial charge in [0.25, 0.3) is 0 Å². The van der Waals surface area contributed by atoms with Crippen LogP contribution in [0.2, 0.25) is 5.02 Å². The minimum absolute atomic E-state index is 0.100. The van der Waals surface area contributed by atoms with Crippen LogP contribution in [0, 0.1) is 6.92 Å². The van der Waals surface area contributed by atoms with Crippen molar-refractivity contribution in [3.8, 4) is 5.75 Å². The predicted octanol–water partition coefficient (Wildman–Crippen LogP) is 6.24. The lowest BCUT2D eigenvalue weighted by molar-refractivity contribution is -0.113. The van der Waals surface area contributed by atoms with E-state index in [1.165, 1.54) is 36.6 Å². The van der Waals surface area contributed by atoms with Crippen molar-refractivity contribution in [2.45, 2.75) is 63.8 Å². The van der Waals surface area contributed by atoms with Gasteiger partial charge in [-0.1, -0.05) is 48.3 Å². The summed E-state index contributed by atoms with van der Waals surface area (Å²) in [4.78, 5) is 26.7. The number of thioether (sulfide) groups is 1. The number of methoxy groups -OCH3 is 1. The van der Waals surface area contributed by atoms with Gasteiger partial charge in [0, 0.05) is 11.4 Å². The zero-order chi connectivity index (χ0) is 27.1. The summed E-state index contributed by atoms with van der Waals surface area (Å²) in [6, 6.07) is 5.57. The number of fused-ring (bicyclic) bond motifs is 1. The second kappa shape index (κ2) is 13.3. The van der Waals surface area contributed by atoms with E-state index in [0.29, 0.717) is 38.9 Å². The molecule has 1 aliphatic carbocycles. The first-order valence-electron chi connectivity index (χ1n) is 12.5. The molecule has 0 unspecified atom stereocenters. The zero-order valence-corrected chi connectivity index (χ0v) is 23.9. The van der Waals surface area contributed by atoms with Crippen LogP contribution in [0.3, 0.4) is 0 Å². The number of ether oxygens (including phenoxy) is 2. The molecule has 0 saturated carbocycles. The molecule has 202 valence electrons. The second-order valence-corrected chi connectivity index (χ2v) is 11.4. The molecule has 2 aromatic heterocycles. The van der Waals surface area contributed by atoms with E-state index in [2.05, 4.69) is 22.1 Å². The Morgan fingerprint density at radius 3 is 2.79 bits per heavy atom. The average Bonchev–Trinajstić information content (AvgIpc) is 3.43. The molecule has 0 saturated heterocycles. The van der Waals surface area contributed by atoms with Crippen molar-refractivity contribution >= 4 is 51.6 Å². The van der Waals surface area contributed by atoms with Gasteiger partial charge in [0.05, 0.1) is 23.4 Å². The molecule has 2 heterocycles. The van der Waals surface area contributed by atoms with E-state index in [0.717, 1.165) is 48.1 Å². The minimum Gasteiger partial charge on any atom is -0.484 e. The van der Waals surface area contributed by atoms with Crippen molar-refractivity contribution in [2.24, 2.45) is 0 Å². The fourth-order valence-corrected chi connectivity index (χ4v) is 6.56. The molecule has 38 heavy (non-hydrogen) atoms. The maximum Gasteiger partial charge on any atom is 0.341 e. The van der Waals surface area contributed by atoms with Gasteiger partial charge in [-0.25, -0.2) is 4.79 Å². The largest absolute Gasteiger partial charge is 0.484 e. The number of aromatic nitrogens is 3. The van der Waals surface area contributed by atoms with E-state index in [1.54, 1.807) is 12.1 Å². The normalized spacial score (nSPS) is 13.2. The third kappa shape index (κ3) is 6.78. The topological polar surface area (TPSA) is 95.3 Å². The van der Waals surface area contributed by atoms with Gasteiger partial charge in [-0.15, -0.1) is 28.1 Å². The maximum absolute atomic E-state index is 13.0. The molecule has 1 amide bonds. The van der Waals surface area contributed by atoms with E-state index in [1.807, 2.05) is 23.6 Å². The Morgan fingerprint density at radius 1 is 1.24 bits per heavy atom. The fourth-order valence-electron chi connectivity index (χ4n) is 4.33. The van der Waals surface area contributed by atoms with Crippen molar-refractivity contribution in [2.75, 3.05) is 18.2 Å². The number of halogens is 1. The number of hydrogen-bond acceptors (Lipinski definition) is 8. The highest BCUT2D eigenvalue weighted by Crippen LogP contribution is 2.37. The number of hydrogen-bond donors (Lipinski definition) is 1. The number of nitrogens with zero attached hydrogens (tertiary/aromatic N) is 3. The minimum atomic E-state index is -0.407. The van der Waals surface area contributed by atoms with Crippen LogP contribution in [-0.2, 0) is 35.5 Å². The molecule has 0 radical (unpaired) electrons.